The molecule has 1 heterocycles. The number of nitrogens with one attached hydrogen (secondary N) is 2. The van der Waals surface area contributed by atoms with Gasteiger partial charge in [-0.3, -0.25) is 9.59 Å². The molecule has 0 radical (unpaired) electrons. The van der Waals surface area contributed by atoms with Crippen LogP contribution >= 0.6 is 11.3 Å². The molecule has 1 aromatic heterocycles. The predicted octanol–water partition coefficient (Wildman–Crippen LogP) is 1.68. The van der Waals surface area contributed by atoms with Crippen LogP contribution < -0.4 is 10.6 Å². The fourth-order valence-corrected chi connectivity index (χ4v) is 2.89. The first-order valence-electron chi connectivity index (χ1n) is 7.11. The van der Waals surface area contributed by atoms with Crippen LogP contribution in [0.15, 0.2) is 6.07 Å². The Labute approximate surface area is 130 Å². The lowest BCUT2D eigenvalue weighted by molar-refractivity contribution is -0.121. The molecule has 0 saturated carbocycles. The zero-order chi connectivity index (χ0) is 15.7. The van der Waals surface area contributed by atoms with Crippen molar-refractivity contribution in [3.05, 3.63) is 21.4 Å². The first-order valence-corrected chi connectivity index (χ1v) is 7.93. The van der Waals surface area contributed by atoms with Gasteiger partial charge in [-0.25, -0.2) is 0 Å². The van der Waals surface area contributed by atoms with E-state index in [1.54, 1.807) is 18.4 Å². The first kappa shape index (κ1) is 17.8. The molecule has 21 heavy (non-hydrogen) atoms. The summed E-state index contributed by atoms with van der Waals surface area (Å²) in [5.74, 6) is -0.0354. The van der Waals surface area contributed by atoms with Crippen LogP contribution in [-0.2, 0) is 9.53 Å². The summed E-state index contributed by atoms with van der Waals surface area (Å²) < 4.78 is 4.90. The summed E-state index contributed by atoms with van der Waals surface area (Å²) >= 11 is 1.62. The van der Waals surface area contributed by atoms with Gasteiger partial charge in [-0.2, -0.15) is 0 Å². The Kier molecular flexibility index (Phi) is 8.19. The number of Topliss-reactive ketones (excluding diaryl/α,β-unsaturated/α-hetero) is 1. The first-order chi connectivity index (χ1) is 10.0. The molecule has 0 fully saturated rings. The zero-order valence-electron chi connectivity index (χ0n) is 13.0. The van der Waals surface area contributed by atoms with Gasteiger partial charge < -0.3 is 15.4 Å². The van der Waals surface area contributed by atoms with E-state index in [1.165, 1.54) is 0 Å². The summed E-state index contributed by atoms with van der Waals surface area (Å²) in [6.07, 6.45) is 0.505. The molecule has 118 valence electrons. The van der Waals surface area contributed by atoms with Crippen LogP contribution in [0.3, 0.4) is 0 Å². The van der Waals surface area contributed by atoms with Crippen LogP contribution in [0, 0.1) is 13.8 Å². The van der Waals surface area contributed by atoms with E-state index in [2.05, 4.69) is 10.6 Å². The molecule has 1 rings (SSSR count). The van der Waals surface area contributed by atoms with Crippen molar-refractivity contribution in [2.75, 3.05) is 33.4 Å². The minimum Gasteiger partial charge on any atom is -0.383 e. The van der Waals surface area contributed by atoms with Crippen molar-refractivity contribution in [2.24, 2.45) is 0 Å². The summed E-state index contributed by atoms with van der Waals surface area (Å²) in [6.45, 7) is 6.61. The molecule has 1 amide bonds. The van der Waals surface area contributed by atoms with Crippen molar-refractivity contribution < 1.29 is 14.3 Å². The average molecular weight is 312 g/mol. The highest BCUT2D eigenvalue weighted by Crippen LogP contribution is 2.22. The number of hydrogen-bond donors (Lipinski definition) is 2. The van der Waals surface area contributed by atoms with E-state index >= 15 is 0 Å². The molecule has 0 atom stereocenters. The summed E-state index contributed by atoms with van der Waals surface area (Å²) in [4.78, 5) is 25.8. The maximum absolute atomic E-state index is 12.0. The number of amides is 1. The largest absolute Gasteiger partial charge is 0.383 e. The van der Waals surface area contributed by atoms with Crippen LogP contribution in [-0.4, -0.2) is 45.0 Å². The number of hydrogen-bond acceptors (Lipinski definition) is 5. The van der Waals surface area contributed by atoms with Crippen LogP contribution in [0.4, 0.5) is 0 Å². The third-order valence-electron chi connectivity index (χ3n) is 3.03. The fourth-order valence-electron chi connectivity index (χ4n) is 1.95. The van der Waals surface area contributed by atoms with Crippen LogP contribution in [0.5, 0.6) is 0 Å². The highest BCUT2D eigenvalue weighted by Gasteiger charge is 2.13. The van der Waals surface area contributed by atoms with Crippen LogP contribution in [0.1, 0.15) is 33.0 Å². The molecule has 0 saturated heterocycles. The van der Waals surface area contributed by atoms with Gasteiger partial charge in [0.1, 0.15) is 0 Å². The fraction of sp³-hybridized carbons (Fsp3) is 0.600. The monoisotopic (exact) mass is 312 g/mol. The third-order valence-corrected chi connectivity index (χ3v) is 3.99. The van der Waals surface area contributed by atoms with Gasteiger partial charge >= 0.3 is 0 Å². The minimum absolute atomic E-state index is 0.0465. The molecule has 5 nitrogen and oxygen atoms in total. The molecule has 0 spiro atoms. The molecule has 0 bridgehead atoms. The van der Waals surface area contributed by atoms with Crippen molar-refractivity contribution in [2.45, 2.75) is 26.7 Å². The molecular formula is C15H24N2O3S. The Morgan fingerprint density at radius 3 is 2.57 bits per heavy atom. The van der Waals surface area contributed by atoms with E-state index in [9.17, 15) is 9.59 Å². The molecular weight excluding hydrogens is 288 g/mol. The molecule has 2 N–H and O–H groups in total. The molecule has 0 aliphatic carbocycles. The van der Waals surface area contributed by atoms with E-state index in [0.29, 0.717) is 19.7 Å². The Hall–Kier alpha value is -1.24. The number of aryl methyl sites for hydroxylation is 2. The lowest BCUT2D eigenvalue weighted by Crippen LogP contribution is -2.33. The summed E-state index contributed by atoms with van der Waals surface area (Å²) in [5.41, 5.74) is 0.756. The molecule has 6 heteroatoms. The summed E-state index contributed by atoms with van der Waals surface area (Å²) in [5, 5.41) is 5.93. The van der Waals surface area contributed by atoms with E-state index in [1.807, 2.05) is 19.9 Å². The standard InChI is InChI=1S/C15H24N2O3S/c1-11-10-13(12(2)21-11)14(18)4-5-15(19)17-7-6-16-8-9-20-3/h10,16H,4-9H2,1-3H3,(H,17,19). The van der Waals surface area contributed by atoms with Crippen molar-refractivity contribution in [3.8, 4) is 0 Å². The number of carbonyl (C=O) groups excluding carboxylic acids is 2. The topological polar surface area (TPSA) is 67.4 Å². The number of thiophene rings is 1. The second kappa shape index (κ2) is 9.65. The number of carbonyl (C=O) groups is 2. The highest BCUT2D eigenvalue weighted by atomic mass is 32.1. The van der Waals surface area contributed by atoms with Gasteiger partial charge in [0.2, 0.25) is 5.91 Å². The van der Waals surface area contributed by atoms with E-state index < -0.39 is 0 Å². The summed E-state index contributed by atoms with van der Waals surface area (Å²) in [7, 11) is 1.65. The van der Waals surface area contributed by atoms with Gasteiger partial charge in [0.25, 0.3) is 0 Å². The van der Waals surface area contributed by atoms with Crippen molar-refractivity contribution in [3.63, 3.8) is 0 Å². The number of ketones is 1. The van der Waals surface area contributed by atoms with Gasteiger partial charge in [0.05, 0.1) is 6.61 Å². The quantitative estimate of drug-likeness (QED) is 0.509. The lowest BCUT2D eigenvalue weighted by atomic mass is 10.1. The maximum atomic E-state index is 12.0. The lowest BCUT2D eigenvalue weighted by Gasteiger charge is -2.06. The van der Waals surface area contributed by atoms with E-state index in [4.69, 9.17) is 4.74 Å². The SMILES string of the molecule is COCCNCCNC(=O)CCC(=O)c1cc(C)sc1C. The molecule has 0 aliphatic rings. The Balaban J connectivity index is 2.18. The van der Waals surface area contributed by atoms with Gasteiger partial charge in [0, 0.05) is 54.9 Å². The maximum Gasteiger partial charge on any atom is 0.220 e. The average Bonchev–Trinajstić information content (AvgIpc) is 2.79. The molecule has 0 aromatic carbocycles. The second-order valence-corrected chi connectivity index (χ2v) is 6.30. The predicted molar refractivity (Wildman–Crippen MR) is 85.1 cm³/mol. The second-order valence-electron chi connectivity index (χ2n) is 4.84. The van der Waals surface area contributed by atoms with Crippen LogP contribution in [0.2, 0.25) is 0 Å². The number of ether oxygens (including phenoxy) is 1. The molecule has 0 unspecified atom stereocenters. The van der Waals surface area contributed by atoms with Crippen molar-refractivity contribution in [1.82, 2.24) is 10.6 Å². The number of methoxy groups -OCH3 is 1. The minimum atomic E-state index is -0.0819. The summed E-state index contributed by atoms with van der Waals surface area (Å²) in [6, 6.07) is 1.90. The van der Waals surface area contributed by atoms with Gasteiger partial charge in [-0.1, -0.05) is 0 Å². The Morgan fingerprint density at radius 1 is 1.19 bits per heavy atom. The highest BCUT2D eigenvalue weighted by molar-refractivity contribution is 7.12. The zero-order valence-corrected chi connectivity index (χ0v) is 13.8. The molecule has 1 aromatic rings. The number of rotatable bonds is 10. The Morgan fingerprint density at radius 2 is 1.95 bits per heavy atom. The molecule has 0 aliphatic heterocycles. The van der Waals surface area contributed by atoms with Crippen LogP contribution in [0.25, 0.3) is 0 Å². The normalized spacial score (nSPS) is 10.6. The van der Waals surface area contributed by atoms with E-state index in [0.717, 1.165) is 21.9 Å². The van der Waals surface area contributed by atoms with Crippen molar-refractivity contribution >= 4 is 23.0 Å². The van der Waals surface area contributed by atoms with Gasteiger partial charge in [-0.15, -0.1) is 11.3 Å². The van der Waals surface area contributed by atoms with Gasteiger partial charge in [0.15, 0.2) is 5.78 Å². The van der Waals surface area contributed by atoms with E-state index in [-0.39, 0.29) is 24.5 Å². The third kappa shape index (κ3) is 6.84. The van der Waals surface area contributed by atoms with Crippen molar-refractivity contribution in [1.29, 1.82) is 0 Å². The smallest absolute Gasteiger partial charge is 0.220 e. The Bertz CT molecular complexity index is 471. The van der Waals surface area contributed by atoms with Gasteiger partial charge in [-0.05, 0) is 19.9 Å².